The van der Waals surface area contributed by atoms with E-state index in [1.54, 1.807) is 6.92 Å². The lowest BCUT2D eigenvalue weighted by atomic mass is 10.3. The number of aromatic nitrogens is 3. The molecule has 0 saturated carbocycles. The number of nitrogens with zero attached hydrogens (tertiary/aromatic N) is 3. The van der Waals surface area contributed by atoms with Gasteiger partial charge in [-0.3, -0.25) is 0 Å². The first-order chi connectivity index (χ1) is 5.70. The first kappa shape index (κ1) is 7.36. The number of fused-ring (bicyclic) bond motifs is 1. The summed E-state index contributed by atoms with van der Waals surface area (Å²) in [4.78, 5) is 3.80. The van der Waals surface area contributed by atoms with Crippen molar-refractivity contribution in [3.05, 3.63) is 23.2 Å². The number of aryl methyl sites for hydroxylation is 1. The number of aromatic hydroxyl groups is 1. The van der Waals surface area contributed by atoms with E-state index in [9.17, 15) is 5.11 Å². The Labute approximate surface area is 73.4 Å². The molecule has 0 bridgehead atoms. The zero-order chi connectivity index (χ0) is 8.72. The number of hydrogen-bond donors (Lipinski definition) is 1. The Hall–Kier alpha value is -1.29. The highest BCUT2D eigenvalue weighted by atomic mass is 35.5. The molecule has 0 spiro atoms. The maximum Gasteiger partial charge on any atom is 0.157 e. The Morgan fingerprint density at radius 2 is 2.33 bits per heavy atom. The van der Waals surface area contributed by atoms with Crippen LogP contribution in [0.15, 0.2) is 12.5 Å². The molecule has 0 fully saturated rings. The van der Waals surface area contributed by atoms with Crippen molar-refractivity contribution in [3.63, 3.8) is 0 Å². The van der Waals surface area contributed by atoms with Gasteiger partial charge >= 0.3 is 0 Å². The number of halogens is 1. The van der Waals surface area contributed by atoms with Gasteiger partial charge in [0.2, 0.25) is 0 Å². The van der Waals surface area contributed by atoms with Gasteiger partial charge < -0.3 is 5.11 Å². The Morgan fingerprint density at radius 3 is 3.00 bits per heavy atom. The van der Waals surface area contributed by atoms with Crippen LogP contribution in [-0.2, 0) is 0 Å². The molecule has 2 aromatic heterocycles. The first-order valence-corrected chi connectivity index (χ1v) is 3.75. The van der Waals surface area contributed by atoms with Crippen molar-refractivity contribution in [2.75, 3.05) is 0 Å². The van der Waals surface area contributed by atoms with Crippen molar-refractivity contribution in [2.24, 2.45) is 0 Å². The minimum Gasteiger partial charge on any atom is -0.506 e. The van der Waals surface area contributed by atoms with Crippen molar-refractivity contribution in [1.29, 1.82) is 0 Å². The fourth-order valence-corrected chi connectivity index (χ4v) is 1.38. The van der Waals surface area contributed by atoms with Gasteiger partial charge in [0, 0.05) is 5.56 Å². The molecule has 12 heavy (non-hydrogen) atoms. The lowest BCUT2D eigenvalue weighted by Crippen LogP contribution is -1.91. The number of rotatable bonds is 0. The zero-order valence-electron chi connectivity index (χ0n) is 6.32. The molecule has 0 aliphatic heterocycles. The van der Waals surface area contributed by atoms with Gasteiger partial charge in [-0.25, -0.2) is 9.50 Å². The minimum absolute atomic E-state index is 0.178. The average Bonchev–Trinajstić information content (AvgIpc) is 2.29. The second kappa shape index (κ2) is 2.35. The second-order valence-corrected chi connectivity index (χ2v) is 2.84. The molecule has 0 aliphatic rings. The van der Waals surface area contributed by atoms with E-state index in [0.717, 1.165) is 0 Å². The molecule has 0 saturated heterocycles. The third-order valence-electron chi connectivity index (χ3n) is 1.76. The summed E-state index contributed by atoms with van der Waals surface area (Å²) in [6.45, 7) is 1.76. The van der Waals surface area contributed by atoms with Gasteiger partial charge in [0.05, 0.1) is 6.20 Å². The molecule has 2 rings (SSSR count). The molecule has 0 aromatic carbocycles. The smallest absolute Gasteiger partial charge is 0.157 e. The molecule has 2 heterocycles. The van der Waals surface area contributed by atoms with Crippen LogP contribution in [0.25, 0.3) is 5.52 Å². The lowest BCUT2D eigenvalue weighted by molar-refractivity contribution is 0.471. The van der Waals surface area contributed by atoms with Crippen molar-refractivity contribution in [1.82, 2.24) is 14.6 Å². The van der Waals surface area contributed by atoms with Crippen molar-refractivity contribution in [3.8, 4) is 5.75 Å². The van der Waals surface area contributed by atoms with Gasteiger partial charge in [0.1, 0.15) is 17.6 Å². The maximum absolute atomic E-state index is 9.32. The van der Waals surface area contributed by atoms with Gasteiger partial charge in [-0.15, -0.1) is 0 Å². The van der Waals surface area contributed by atoms with Crippen LogP contribution in [0, 0.1) is 6.92 Å². The van der Waals surface area contributed by atoms with Crippen molar-refractivity contribution >= 4 is 17.1 Å². The summed E-state index contributed by atoms with van der Waals surface area (Å²) < 4.78 is 1.50. The Balaban J connectivity index is 2.97. The second-order valence-electron chi connectivity index (χ2n) is 2.48. The molecule has 0 atom stereocenters. The van der Waals surface area contributed by atoms with Gasteiger partial charge in [0.15, 0.2) is 5.15 Å². The molecule has 1 N–H and O–H groups in total. The van der Waals surface area contributed by atoms with Crippen LogP contribution in [0.2, 0.25) is 5.15 Å². The maximum atomic E-state index is 9.32. The summed E-state index contributed by atoms with van der Waals surface area (Å²) in [6, 6.07) is 0. The van der Waals surface area contributed by atoms with Gasteiger partial charge in [-0.2, -0.15) is 5.10 Å². The third kappa shape index (κ3) is 0.848. The van der Waals surface area contributed by atoms with Gasteiger partial charge in [0.25, 0.3) is 0 Å². The van der Waals surface area contributed by atoms with Crippen LogP contribution in [0.5, 0.6) is 5.75 Å². The van der Waals surface area contributed by atoms with E-state index in [2.05, 4.69) is 10.1 Å². The molecule has 62 valence electrons. The van der Waals surface area contributed by atoms with E-state index in [1.807, 2.05) is 0 Å². The summed E-state index contributed by atoms with van der Waals surface area (Å²) in [5.74, 6) is 0.178. The molecule has 0 unspecified atom stereocenters. The van der Waals surface area contributed by atoms with Crippen LogP contribution in [0.4, 0.5) is 0 Å². The van der Waals surface area contributed by atoms with E-state index >= 15 is 0 Å². The molecule has 0 aliphatic carbocycles. The fraction of sp³-hybridized carbons (Fsp3) is 0.143. The normalized spacial score (nSPS) is 10.8. The van der Waals surface area contributed by atoms with Crippen molar-refractivity contribution < 1.29 is 5.11 Å². The van der Waals surface area contributed by atoms with E-state index in [4.69, 9.17) is 11.6 Å². The van der Waals surface area contributed by atoms with Gasteiger partial charge in [-0.05, 0) is 6.92 Å². The number of hydrogen-bond acceptors (Lipinski definition) is 3. The van der Waals surface area contributed by atoms with E-state index in [1.165, 1.54) is 17.0 Å². The SMILES string of the molecule is Cc1c(O)cn2ncnc(Cl)c12. The Kier molecular flexibility index (Phi) is 1.44. The van der Waals surface area contributed by atoms with Crippen LogP contribution in [-0.4, -0.2) is 19.7 Å². The summed E-state index contributed by atoms with van der Waals surface area (Å²) in [5, 5.41) is 13.6. The monoisotopic (exact) mass is 183 g/mol. The minimum atomic E-state index is 0.178. The molecular formula is C7H6ClN3O. The van der Waals surface area contributed by atoms with Crippen molar-refractivity contribution in [2.45, 2.75) is 6.92 Å². The van der Waals surface area contributed by atoms with Crippen LogP contribution in [0.1, 0.15) is 5.56 Å². The van der Waals surface area contributed by atoms with Crippen LogP contribution >= 0.6 is 11.6 Å². The van der Waals surface area contributed by atoms with E-state index in [0.29, 0.717) is 16.2 Å². The lowest BCUT2D eigenvalue weighted by Gasteiger charge is -1.94. The summed E-state index contributed by atoms with van der Waals surface area (Å²) >= 11 is 5.79. The van der Waals surface area contributed by atoms with Gasteiger partial charge in [-0.1, -0.05) is 11.6 Å². The first-order valence-electron chi connectivity index (χ1n) is 3.37. The summed E-state index contributed by atoms with van der Waals surface area (Å²) in [5.41, 5.74) is 1.34. The average molecular weight is 184 g/mol. The Bertz CT molecular complexity index is 437. The third-order valence-corrected chi connectivity index (χ3v) is 2.03. The predicted octanol–water partition coefficient (Wildman–Crippen LogP) is 1.40. The quantitative estimate of drug-likeness (QED) is 0.672. The zero-order valence-corrected chi connectivity index (χ0v) is 7.08. The van der Waals surface area contributed by atoms with Crippen LogP contribution in [0.3, 0.4) is 0 Å². The summed E-state index contributed by atoms with van der Waals surface area (Å²) in [6.07, 6.45) is 2.84. The highest BCUT2D eigenvalue weighted by molar-refractivity contribution is 6.32. The highest BCUT2D eigenvalue weighted by Gasteiger charge is 2.09. The van der Waals surface area contributed by atoms with E-state index in [-0.39, 0.29) is 5.75 Å². The molecule has 0 amide bonds. The highest BCUT2D eigenvalue weighted by Crippen LogP contribution is 2.26. The fourth-order valence-electron chi connectivity index (χ4n) is 1.10. The molecule has 4 nitrogen and oxygen atoms in total. The summed E-state index contributed by atoms with van der Waals surface area (Å²) in [7, 11) is 0. The standard InChI is InChI=1S/C7H6ClN3O/c1-4-5(12)2-11-6(4)7(8)9-3-10-11/h2-3,12H,1H3. The molecule has 2 aromatic rings. The predicted molar refractivity (Wildman–Crippen MR) is 44.4 cm³/mol. The largest absolute Gasteiger partial charge is 0.506 e. The Morgan fingerprint density at radius 1 is 1.58 bits per heavy atom. The van der Waals surface area contributed by atoms with E-state index < -0.39 is 0 Å². The van der Waals surface area contributed by atoms with Crippen LogP contribution < -0.4 is 0 Å². The molecule has 5 heteroatoms. The topological polar surface area (TPSA) is 50.4 Å². The molecular weight excluding hydrogens is 178 g/mol. The molecule has 0 radical (unpaired) electrons.